The highest BCUT2D eigenvalue weighted by Gasteiger charge is 2.02. The van der Waals surface area contributed by atoms with E-state index >= 15 is 0 Å². The number of hydrogen-bond acceptors (Lipinski definition) is 2. The van der Waals surface area contributed by atoms with Crippen LogP contribution in [0.15, 0.2) is 61.2 Å². The summed E-state index contributed by atoms with van der Waals surface area (Å²) in [6.07, 6.45) is 10.4. The van der Waals surface area contributed by atoms with Gasteiger partial charge in [-0.15, -0.1) is 21.6 Å². The summed E-state index contributed by atoms with van der Waals surface area (Å²) in [7, 11) is 8.45. The van der Waals surface area contributed by atoms with Crippen LogP contribution in [0.4, 0.5) is 0 Å². The molecule has 0 amide bonds. The zero-order valence-corrected chi connectivity index (χ0v) is 13.1. The zero-order valence-electron chi connectivity index (χ0n) is 11.5. The summed E-state index contributed by atoms with van der Waals surface area (Å²) in [5, 5.41) is 0. The van der Waals surface area contributed by atoms with Crippen molar-refractivity contribution in [3.8, 4) is 0 Å². The van der Waals surface area contributed by atoms with Crippen LogP contribution >= 0.6 is 21.6 Å². The van der Waals surface area contributed by atoms with E-state index in [9.17, 15) is 0 Å². The second kappa shape index (κ2) is 9.94. The SMILES string of the molecule is [B](CSSC[B]C[n+]1ccccc1)C[n+]1ccccc1. The molecule has 0 aliphatic carbocycles. The van der Waals surface area contributed by atoms with Gasteiger partial charge in [-0.3, -0.25) is 0 Å². The third-order valence-corrected chi connectivity index (χ3v) is 4.92. The predicted octanol–water partition coefficient (Wildman–Crippen LogP) is 1.58. The van der Waals surface area contributed by atoms with Crippen LogP contribution in [0.1, 0.15) is 0 Å². The molecule has 0 saturated carbocycles. The molecular weight excluding hydrogens is 282 g/mol. The fourth-order valence-electron chi connectivity index (χ4n) is 1.71. The summed E-state index contributed by atoms with van der Waals surface area (Å²) in [5.74, 6) is 0. The Morgan fingerprint density at radius 2 is 1.00 bits per heavy atom. The lowest BCUT2D eigenvalue weighted by Gasteiger charge is -1.98. The molecule has 0 aromatic carbocycles. The highest BCUT2D eigenvalue weighted by Crippen LogP contribution is 2.18. The lowest BCUT2D eigenvalue weighted by Crippen LogP contribution is -2.36. The molecule has 100 valence electrons. The van der Waals surface area contributed by atoms with Crippen molar-refractivity contribution in [1.82, 2.24) is 0 Å². The van der Waals surface area contributed by atoms with Gasteiger partial charge in [-0.2, -0.15) is 0 Å². The molecule has 0 bridgehead atoms. The van der Waals surface area contributed by atoms with Crippen LogP contribution in [-0.4, -0.2) is 25.9 Å². The van der Waals surface area contributed by atoms with Gasteiger partial charge in [-0.1, -0.05) is 12.1 Å². The normalized spacial score (nSPS) is 10.2. The lowest BCUT2D eigenvalue weighted by molar-refractivity contribution is -0.679. The minimum Gasteiger partial charge on any atom is -0.214 e. The average Bonchev–Trinajstić information content (AvgIpc) is 2.52. The van der Waals surface area contributed by atoms with Crippen LogP contribution in [-0.2, 0) is 12.9 Å². The monoisotopic (exact) mass is 300 g/mol. The Kier molecular flexibility index (Phi) is 7.72. The summed E-state index contributed by atoms with van der Waals surface area (Å²) in [4.78, 5) is 0. The van der Waals surface area contributed by atoms with Crippen molar-refractivity contribution >= 4 is 36.1 Å². The van der Waals surface area contributed by atoms with Crippen LogP contribution in [0.2, 0.25) is 0 Å². The van der Waals surface area contributed by atoms with Gasteiger partial charge in [0.15, 0.2) is 24.8 Å². The average molecular weight is 300 g/mol. The molecule has 0 N–H and O–H groups in total. The smallest absolute Gasteiger partial charge is 0.213 e. The summed E-state index contributed by atoms with van der Waals surface area (Å²) < 4.78 is 4.37. The molecule has 2 rings (SSSR count). The molecular formula is C14H18B2N2S2+2. The number of nitrogens with zero attached hydrogens (tertiary/aromatic N) is 2. The van der Waals surface area contributed by atoms with Crippen molar-refractivity contribution in [3.05, 3.63) is 61.2 Å². The molecule has 6 heteroatoms. The molecule has 0 unspecified atom stereocenters. The fraction of sp³-hybridized carbons (Fsp3) is 0.286. The van der Waals surface area contributed by atoms with Crippen LogP contribution in [0.5, 0.6) is 0 Å². The van der Waals surface area contributed by atoms with Gasteiger partial charge in [0.25, 0.3) is 0 Å². The quantitative estimate of drug-likeness (QED) is 0.301. The standard InChI is InChI=1S/C14H18B2N2S2/c1-3-7-17(8-4-1)11-15-13-19-20-14-16-12-18-9-5-2-6-10-18/h1-10H,11-14H2/q+2. The predicted molar refractivity (Wildman–Crippen MR) is 89.7 cm³/mol. The van der Waals surface area contributed by atoms with E-state index < -0.39 is 0 Å². The first-order valence-electron chi connectivity index (χ1n) is 6.71. The zero-order chi connectivity index (χ0) is 13.9. The van der Waals surface area contributed by atoms with Gasteiger partial charge < -0.3 is 0 Å². The minimum absolute atomic E-state index is 0.984. The van der Waals surface area contributed by atoms with Crippen molar-refractivity contribution in [2.75, 3.05) is 11.3 Å². The lowest BCUT2D eigenvalue weighted by atomic mass is 9.82. The first-order chi connectivity index (χ1) is 9.95. The molecule has 0 atom stereocenters. The van der Waals surface area contributed by atoms with Gasteiger partial charge >= 0.3 is 0 Å². The van der Waals surface area contributed by atoms with Gasteiger partial charge in [0.05, 0.1) is 0 Å². The van der Waals surface area contributed by atoms with Crippen LogP contribution in [0, 0.1) is 0 Å². The van der Waals surface area contributed by atoms with Gasteiger partial charge in [0, 0.05) is 24.3 Å². The van der Waals surface area contributed by atoms with E-state index in [0.29, 0.717) is 0 Å². The van der Waals surface area contributed by atoms with Crippen LogP contribution < -0.4 is 9.13 Å². The molecule has 2 nitrogen and oxygen atoms in total. The van der Waals surface area contributed by atoms with Gasteiger partial charge in [0.1, 0.15) is 12.9 Å². The fourth-order valence-corrected chi connectivity index (χ4v) is 3.46. The Morgan fingerprint density at radius 1 is 0.600 bits per heavy atom. The highest BCUT2D eigenvalue weighted by atomic mass is 33.1. The third-order valence-electron chi connectivity index (χ3n) is 2.69. The first-order valence-corrected chi connectivity index (χ1v) is 9.20. The number of pyridine rings is 2. The largest absolute Gasteiger partial charge is 0.214 e. The van der Waals surface area contributed by atoms with Gasteiger partial charge in [0.2, 0.25) is 14.6 Å². The Hall–Kier alpha value is -0.870. The topological polar surface area (TPSA) is 7.76 Å². The van der Waals surface area contributed by atoms with Crippen LogP contribution in [0.25, 0.3) is 0 Å². The maximum absolute atomic E-state index is 2.31. The minimum atomic E-state index is 0.984. The van der Waals surface area contributed by atoms with Gasteiger partial charge in [-0.25, -0.2) is 9.13 Å². The Balaban J connectivity index is 1.44. The second-order valence-electron chi connectivity index (χ2n) is 4.29. The Bertz CT molecular complexity index is 426. The third kappa shape index (κ3) is 6.53. The van der Waals surface area contributed by atoms with E-state index in [2.05, 4.69) is 72.7 Å². The van der Waals surface area contributed by atoms with Crippen molar-refractivity contribution in [2.24, 2.45) is 0 Å². The maximum atomic E-state index is 2.31. The summed E-state index contributed by atoms with van der Waals surface area (Å²) in [6.45, 7) is 0. The van der Waals surface area contributed by atoms with E-state index in [4.69, 9.17) is 0 Å². The molecule has 2 aromatic rings. The summed E-state index contributed by atoms with van der Waals surface area (Å²) in [5.41, 5.74) is 2.16. The van der Waals surface area contributed by atoms with E-state index in [1.54, 1.807) is 0 Å². The number of aromatic nitrogens is 2. The second-order valence-corrected chi connectivity index (χ2v) is 6.84. The van der Waals surface area contributed by atoms with E-state index in [-0.39, 0.29) is 0 Å². The van der Waals surface area contributed by atoms with Crippen molar-refractivity contribution in [1.29, 1.82) is 0 Å². The van der Waals surface area contributed by atoms with Gasteiger partial charge in [-0.05, 0) is 11.3 Å². The molecule has 0 saturated heterocycles. The summed E-state index contributed by atoms with van der Waals surface area (Å²) >= 11 is 0. The Labute approximate surface area is 130 Å². The van der Waals surface area contributed by atoms with E-state index in [0.717, 1.165) is 24.2 Å². The molecule has 0 aliphatic heterocycles. The molecule has 0 fully saturated rings. The van der Waals surface area contributed by atoms with Crippen molar-refractivity contribution in [3.63, 3.8) is 0 Å². The van der Waals surface area contributed by atoms with Crippen molar-refractivity contribution in [2.45, 2.75) is 12.9 Å². The van der Waals surface area contributed by atoms with E-state index in [1.165, 1.54) is 0 Å². The molecule has 2 aromatic heterocycles. The van der Waals surface area contributed by atoms with Crippen molar-refractivity contribution < 1.29 is 9.13 Å². The van der Waals surface area contributed by atoms with E-state index in [1.807, 2.05) is 33.7 Å². The highest BCUT2D eigenvalue weighted by molar-refractivity contribution is 8.77. The Morgan fingerprint density at radius 3 is 1.40 bits per heavy atom. The molecule has 20 heavy (non-hydrogen) atoms. The molecule has 0 spiro atoms. The molecule has 0 aliphatic rings. The number of hydrogen-bond donors (Lipinski definition) is 0. The summed E-state index contributed by atoms with van der Waals surface area (Å²) in [6, 6.07) is 12.3. The first kappa shape index (κ1) is 15.5. The van der Waals surface area contributed by atoms with Crippen LogP contribution in [0.3, 0.4) is 0 Å². The number of rotatable bonds is 9. The molecule has 2 radical (unpaired) electrons. The molecule has 2 heterocycles. The maximum Gasteiger partial charge on any atom is 0.213 e.